The zero-order valence-electron chi connectivity index (χ0n) is 9.12. The summed E-state index contributed by atoms with van der Waals surface area (Å²) in [5.41, 5.74) is 6.56. The van der Waals surface area contributed by atoms with Crippen molar-refractivity contribution >= 4 is 5.95 Å². The maximum atomic E-state index is 5.39. The normalized spacial score (nSPS) is 10.6. The fourth-order valence-electron chi connectivity index (χ4n) is 1.33. The van der Waals surface area contributed by atoms with Gasteiger partial charge in [-0.3, -0.25) is 0 Å². The zero-order valence-corrected chi connectivity index (χ0v) is 9.12. The Morgan fingerprint density at radius 2 is 2.29 bits per heavy atom. The lowest BCUT2D eigenvalue weighted by molar-refractivity contribution is 0.658. The molecule has 0 fully saturated rings. The number of rotatable bonds is 5. The van der Waals surface area contributed by atoms with E-state index < -0.39 is 0 Å². The van der Waals surface area contributed by atoms with Crippen LogP contribution < -0.4 is 16.0 Å². The predicted octanol–water partition coefficient (Wildman–Crippen LogP) is -0.466. The molecule has 0 aliphatic rings. The van der Waals surface area contributed by atoms with E-state index in [-0.39, 0.29) is 0 Å². The van der Waals surface area contributed by atoms with E-state index in [1.807, 2.05) is 32.2 Å². The largest absolute Gasteiger partial charge is 0.348 e. The summed E-state index contributed by atoms with van der Waals surface area (Å²) in [6.45, 7) is 2.31. The Bertz CT molecular complexity index is 279. The molecule has 0 amide bonds. The molecule has 5 heteroatoms. The van der Waals surface area contributed by atoms with E-state index >= 15 is 0 Å². The molecule has 80 valence electrons. The molecule has 0 spiro atoms. The van der Waals surface area contributed by atoms with Gasteiger partial charge >= 0.3 is 0 Å². The van der Waals surface area contributed by atoms with Crippen molar-refractivity contribution in [3.63, 3.8) is 0 Å². The minimum Gasteiger partial charge on any atom is -0.348 e. The molecule has 0 unspecified atom stereocenters. The highest BCUT2D eigenvalue weighted by Gasteiger charge is 2.06. The van der Waals surface area contributed by atoms with E-state index in [1.165, 1.54) is 5.69 Å². The molecule has 1 heterocycles. The monoisotopic (exact) mass is 197 g/mol. The minimum absolute atomic E-state index is 0.665. The summed E-state index contributed by atoms with van der Waals surface area (Å²) in [4.78, 5) is 6.30. The van der Waals surface area contributed by atoms with E-state index in [1.54, 1.807) is 0 Å². The lowest BCUT2D eigenvalue weighted by atomic mass is 10.4. The van der Waals surface area contributed by atoms with Crippen molar-refractivity contribution in [3.8, 4) is 0 Å². The molecule has 1 rings (SSSR count). The molecule has 0 aromatic carbocycles. The first-order valence-corrected chi connectivity index (χ1v) is 4.75. The number of anilines is 1. The van der Waals surface area contributed by atoms with Crippen LogP contribution in [0.15, 0.2) is 6.20 Å². The SMILES string of the molecule is CN(C)c1ncc(CNCCN)n1C. The molecule has 0 saturated heterocycles. The van der Waals surface area contributed by atoms with Crippen molar-refractivity contribution in [3.05, 3.63) is 11.9 Å². The van der Waals surface area contributed by atoms with Crippen LogP contribution in [-0.4, -0.2) is 36.7 Å². The average molecular weight is 197 g/mol. The van der Waals surface area contributed by atoms with Gasteiger partial charge in [-0.1, -0.05) is 0 Å². The molecule has 0 aliphatic carbocycles. The third-order valence-corrected chi connectivity index (χ3v) is 2.09. The number of nitrogens with two attached hydrogens (primary N) is 1. The zero-order chi connectivity index (χ0) is 10.6. The number of hydrogen-bond donors (Lipinski definition) is 2. The summed E-state index contributed by atoms with van der Waals surface area (Å²) in [7, 11) is 5.99. The highest BCUT2D eigenvalue weighted by molar-refractivity contribution is 5.30. The quantitative estimate of drug-likeness (QED) is 0.627. The Kier molecular flexibility index (Phi) is 3.91. The second-order valence-corrected chi connectivity index (χ2v) is 3.47. The number of aromatic nitrogens is 2. The van der Waals surface area contributed by atoms with Gasteiger partial charge in [-0.2, -0.15) is 0 Å². The van der Waals surface area contributed by atoms with Crippen molar-refractivity contribution in [2.75, 3.05) is 32.1 Å². The van der Waals surface area contributed by atoms with Crippen molar-refractivity contribution in [2.45, 2.75) is 6.54 Å². The van der Waals surface area contributed by atoms with Crippen molar-refractivity contribution in [1.29, 1.82) is 0 Å². The van der Waals surface area contributed by atoms with Crippen LogP contribution in [0.2, 0.25) is 0 Å². The van der Waals surface area contributed by atoms with Gasteiger partial charge in [0.1, 0.15) is 0 Å². The van der Waals surface area contributed by atoms with Gasteiger partial charge in [-0.25, -0.2) is 4.98 Å². The van der Waals surface area contributed by atoms with Crippen LogP contribution >= 0.6 is 0 Å². The third kappa shape index (κ3) is 2.46. The summed E-state index contributed by atoms with van der Waals surface area (Å²) in [5, 5.41) is 3.24. The molecular weight excluding hydrogens is 178 g/mol. The molecular formula is C9H19N5. The van der Waals surface area contributed by atoms with Gasteiger partial charge in [-0.05, 0) is 0 Å². The summed E-state index contributed by atoms with van der Waals surface area (Å²) in [6.07, 6.45) is 1.89. The smallest absolute Gasteiger partial charge is 0.204 e. The second kappa shape index (κ2) is 4.97. The van der Waals surface area contributed by atoms with Crippen LogP contribution in [0.4, 0.5) is 5.95 Å². The molecule has 3 N–H and O–H groups in total. The van der Waals surface area contributed by atoms with Crippen molar-refractivity contribution in [2.24, 2.45) is 12.8 Å². The Morgan fingerprint density at radius 1 is 1.57 bits per heavy atom. The first kappa shape index (κ1) is 11.0. The van der Waals surface area contributed by atoms with Crippen molar-refractivity contribution in [1.82, 2.24) is 14.9 Å². The lowest BCUT2D eigenvalue weighted by Crippen LogP contribution is -2.23. The fourth-order valence-corrected chi connectivity index (χ4v) is 1.33. The van der Waals surface area contributed by atoms with E-state index in [4.69, 9.17) is 5.73 Å². The summed E-state index contributed by atoms with van der Waals surface area (Å²) in [6, 6.07) is 0. The first-order valence-electron chi connectivity index (χ1n) is 4.75. The molecule has 0 atom stereocenters. The van der Waals surface area contributed by atoms with Crippen LogP contribution in [0.1, 0.15) is 5.69 Å². The molecule has 1 aromatic heterocycles. The fraction of sp³-hybridized carbons (Fsp3) is 0.667. The van der Waals surface area contributed by atoms with Crippen LogP contribution in [-0.2, 0) is 13.6 Å². The molecule has 0 radical (unpaired) electrons. The number of hydrogen-bond acceptors (Lipinski definition) is 4. The van der Waals surface area contributed by atoms with E-state index in [0.29, 0.717) is 6.54 Å². The number of nitrogens with zero attached hydrogens (tertiary/aromatic N) is 3. The lowest BCUT2D eigenvalue weighted by Gasteiger charge is -2.12. The van der Waals surface area contributed by atoms with Gasteiger partial charge in [-0.15, -0.1) is 0 Å². The molecule has 0 aliphatic heterocycles. The Hall–Kier alpha value is -1.07. The van der Waals surface area contributed by atoms with Crippen LogP contribution in [0.3, 0.4) is 0 Å². The van der Waals surface area contributed by atoms with E-state index in [0.717, 1.165) is 19.0 Å². The topological polar surface area (TPSA) is 59.1 Å². The standard InChI is InChI=1S/C9H19N5/c1-13(2)9-12-7-8(14(9)3)6-11-5-4-10/h7,11H,4-6,10H2,1-3H3. The first-order chi connectivity index (χ1) is 6.66. The maximum absolute atomic E-state index is 5.39. The summed E-state index contributed by atoms with van der Waals surface area (Å²) in [5.74, 6) is 0.967. The van der Waals surface area contributed by atoms with Crippen LogP contribution in [0, 0.1) is 0 Å². The average Bonchev–Trinajstić information content (AvgIpc) is 2.48. The number of imidazole rings is 1. The molecule has 0 bridgehead atoms. The minimum atomic E-state index is 0.665. The van der Waals surface area contributed by atoms with Gasteiger partial charge in [0, 0.05) is 40.8 Å². The van der Waals surface area contributed by atoms with Crippen LogP contribution in [0.25, 0.3) is 0 Å². The highest BCUT2D eigenvalue weighted by atomic mass is 15.3. The highest BCUT2D eigenvalue weighted by Crippen LogP contribution is 2.10. The Balaban J connectivity index is 2.60. The van der Waals surface area contributed by atoms with Crippen LogP contribution in [0.5, 0.6) is 0 Å². The molecule has 5 nitrogen and oxygen atoms in total. The van der Waals surface area contributed by atoms with Gasteiger partial charge in [0.25, 0.3) is 0 Å². The summed E-state index contributed by atoms with van der Waals surface area (Å²) >= 11 is 0. The van der Waals surface area contributed by atoms with Gasteiger partial charge in [0.05, 0.1) is 11.9 Å². The molecule has 1 aromatic rings. The summed E-state index contributed by atoms with van der Waals surface area (Å²) < 4.78 is 2.07. The second-order valence-electron chi connectivity index (χ2n) is 3.47. The van der Waals surface area contributed by atoms with Gasteiger partial charge in [0.15, 0.2) is 0 Å². The van der Waals surface area contributed by atoms with E-state index in [9.17, 15) is 0 Å². The molecule has 0 saturated carbocycles. The Morgan fingerprint density at radius 3 is 2.79 bits per heavy atom. The predicted molar refractivity (Wildman–Crippen MR) is 58.3 cm³/mol. The van der Waals surface area contributed by atoms with E-state index in [2.05, 4.69) is 14.9 Å². The maximum Gasteiger partial charge on any atom is 0.204 e. The van der Waals surface area contributed by atoms with Crippen molar-refractivity contribution < 1.29 is 0 Å². The van der Waals surface area contributed by atoms with Gasteiger partial charge < -0.3 is 20.5 Å². The van der Waals surface area contributed by atoms with Gasteiger partial charge in [0.2, 0.25) is 5.95 Å². The Labute approximate surface area is 84.9 Å². The third-order valence-electron chi connectivity index (χ3n) is 2.09. The number of nitrogens with one attached hydrogen (secondary N) is 1. The molecule has 14 heavy (non-hydrogen) atoms.